The number of carbonyl (C=O) groups is 3. The van der Waals surface area contributed by atoms with Gasteiger partial charge in [-0.3, -0.25) is 9.59 Å². The Morgan fingerprint density at radius 3 is 1.71 bits per heavy atom. The van der Waals surface area contributed by atoms with E-state index in [0.29, 0.717) is 55.8 Å². The standard InChI is InChI=1S/C36H33Br2Cl2F2N3O6/c1-3-43-26-9-21(7-24(41)15-26)18-49-34-28(37)13-23(14-29(34)38)36(48)45-17-33(47)51-32(46)6-5-20-11-30(39)35(31(40)12-20)50-19-22-8-25(42)16-27(10-22)44-4-2/h7-16,43-44H,3-6,17-19H2,1-2H3,(H,45,48). The lowest BCUT2D eigenvalue weighted by molar-refractivity contribution is -0.158. The summed E-state index contributed by atoms with van der Waals surface area (Å²) in [5, 5.41) is 8.91. The number of halogens is 6. The Morgan fingerprint density at radius 1 is 0.686 bits per heavy atom. The van der Waals surface area contributed by atoms with Crippen molar-refractivity contribution >= 4 is 84.3 Å². The SMILES string of the molecule is CCNc1cc(F)cc(COc2c(Cl)cc(CCC(=O)OC(=O)CNC(=O)c3cc(Br)c(OCc4cc(F)cc(NCC)c4)c(Br)c3)cc2Cl)c1. The average molecular weight is 872 g/mol. The molecule has 0 spiro atoms. The highest BCUT2D eigenvalue weighted by Gasteiger charge is 2.18. The number of hydrogen-bond acceptors (Lipinski definition) is 8. The van der Waals surface area contributed by atoms with Crippen molar-refractivity contribution in [2.75, 3.05) is 30.3 Å². The summed E-state index contributed by atoms with van der Waals surface area (Å²) in [6, 6.07) is 15.2. The molecule has 0 atom stereocenters. The molecule has 0 radical (unpaired) electrons. The molecule has 0 saturated carbocycles. The van der Waals surface area contributed by atoms with Crippen LogP contribution in [0.4, 0.5) is 20.2 Å². The Bertz CT molecular complexity index is 1870. The van der Waals surface area contributed by atoms with Crippen molar-refractivity contribution in [2.24, 2.45) is 0 Å². The third kappa shape index (κ3) is 12.1. The highest BCUT2D eigenvalue weighted by Crippen LogP contribution is 2.37. The number of nitrogens with one attached hydrogen (secondary N) is 3. The average Bonchev–Trinajstić information content (AvgIpc) is 3.05. The molecule has 0 aliphatic rings. The fourth-order valence-corrected chi connectivity index (χ4v) is 6.89. The van der Waals surface area contributed by atoms with Gasteiger partial charge in [0.1, 0.15) is 37.1 Å². The second-order valence-electron chi connectivity index (χ2n) is 11.0. The number of ether oxygens (including phenoxy) is 3. The van der Waals surface area contributed by atoms with Crippen molar-refractivity contribution in [3.8, 4) is 11.5 Å². The fraction of sp³-hybridized carbons (Fsp3) is 0.250. The molecule has 0 fully saturated rings. The summed E-state index contributed by atoms with van der Waals surface area (Å²) in [7, 11) is 0. The first-order valence-corrected chi connectivity index (χ1v) is 18.0. The van der Waals surface area contributed by atoms with Crippen LogP contribution in [0.3, 0.4) is 0 Å². The molecular weight excluding hydrogens is 839 g/mol. The molecule has 15 heteroatoms. The van der Waals surface area contributed by atoms with Crippen LogP contribution < -0.4 is 25.4 Å². The largest absolute Gasteiger partial charge is 0.487 e. The number of benzene rings is 4. The van der Waals surface area contributed by atoms with E-state index in [1.165, 1.54) is 36.4 Å². The summed E-state index contributed by atoms with van der Waals surface area (Å²) in [4.78, 5) is 37.4. The van der Waals surface area contributed by atoms with E-state index >= 15 is 0 Å². The molecule has 51 heavy (non-hydrogen) atoms. The maximum Gasteiger partial charge on any atom is 0.333 e. The van der Waals surface area contributed by atoms with E-state index < -0.39 is 36.0 Å². The molecule has 0 aromatic heterocycles. The maximum absolute atomic E-state index is 14.0. The number of aryl methyl sites for hydroxylation is 1. The van der Waals surface area contributed by atoms with Crippen LogP contribution in [0, 0.1) is 11.6 Å². The molecule has 4 aromatic carbocycles. The first kappa shape index (κ1) is 39.9. The lowest BCUT2D eigenvalue weighted by atomic mass is 10.1. The van der Waals surface area contributed by atoms with Crippen LogP contribution in [0.15, 0.2) is 69.6 Å². The van der Waals surface area contributed by atoms with Crippen molar-refractivity contribution in [1.82, 2.24) is 5.32 Å². The molecule has 0 bridgehead atoms. The third-order valence-corrected chi connectivity index (χ3v) is 8.74. The van der Waals surface area contributed by atoms with Gasteiger partial charge in [0.2, 0.25) is 0 Å². The van der Waals surface area contributed by atoms with E-state index in [4.69, 9.17) is 37.4 Å². The van der Waals surface area contributed by atoms with Gasteiger partial charge in [-0.1, -0.05) is 23.2 Å². The Labute approximate surface area is 320 Å². The summed E-state index contributed by atoms with van der Waals surface area (Å²) in [5.74, 6) is -2.59. The van der Waals surface area contributed by atoms with Gasteiger partial charge in [0.05, 0.1) is 25.4 Å². The lowest BCUT2D eigenvalue weighted by Crippen LogP contribution is -2.31. The van der Waals surface area contributed by atoms with Crippen LogP contribution in [-0.4, -0.2) is 37.5 Å². The Kier molecular flexibility index (Phi) is 14.9. The molecule has 4 rings (SSSR count). The van der Waals surface area contributed by atoms with Crippen LogP contribution in [-0.2, 0) is 34.0 Å². The van der Waals surface area contributed by atoms with Crippen molar-refractivity contribution in [1.29, 1.82) is 0 Å². The Balaban J connectivity index is 1.24. The van der Waals surface area contributed by atoms with Crippen molar-refractivity contribution < 1.29 is 37.4 Å². The lowest BCUT2D eigenvalue weighted by Gasteiger charge is -2.14. The maximum atomic E-state index is 14.0. The minimum atomic E-state index is -0.951. The molecule has 270 valence electrons. The predicted molar refractivity (Wildman–Crippen MR) is 200 cm³/mol. The zero-order chi connectivity index (χ0) is 37.1. The molecular formula is C36H33Br2Cl2F2N3O6. The number of rotatable bonds is 16. The predicted octanol–water partition coefficient (Wildman–Crippen LogP) is 9.25. The minimum absolute atomic E-state index is 0.0182. The topological polar surface area (TPSA) is 115 Å². The first-order valence-electron chi connectivity index (χ1n) is 15.7. The van der Waals surface area contributed by atoms with E-state index in [9.17, 15) is 23.2 Å². The normalized spacial score (nSPS) is 10.7. The molecule has 9 nitrogen and oxygen atoms in total. The quantitative estimate of drug-likeness (QED) is 0.0755. The van der Waals surface area contributed by atoms with Gasteiger partial charge in [0, 0.05) is 30.0 Å². The van der Waals surface area contributed by atoms with Crippen LogP contribution in [0.25, 0.3) is 0 Å². The number of amides is 1. The highest BCUT2D eigenvalue weighted by molar-refractivity contribution is 9.11. The van der Waals surface area contributed by atoms with Gasteiger partial charge in [-0.2, -0.15) is 0 Å². The van der Waals surface area contributed by atoms with Gasteiger partial charge in [-0.05, 0) is 129 Å². The van der Waals surface area contributed by atoms with Gasteiger partial charge in [-0.15, -0.1) is 0 Å². The number of hydrogen-bond donors (Lipinski definition) is 3. The van der Waals surface area contributed by atoms with Gasteiger partial charge in [-0.25, -0.2) is 13.6 Å². The monoisotopic (exact) mass is 869 g/mol. The summed E-state index contributed by atoms with van der Waals surface area (Å²) in [6.45, 7) is 4.60. The van der Waals surface area contributed by atoms with E-state index in [0.717, 1.165) is 0 Å². The molecule has 0 heterocycles. The second-order valence-corrected chi connectivity index (χ2v) is 13.5. The summed E-state index contributed by atoms with van der Waals surface area (Å²) < 4.78 is 45.3. The van der Waals surface area contributed by atoms with Crippen molar-refractivity contribution in [3.05, 3.63) is 114 Å². The molecule has 0 saturated heterocycles. The Morgan fingerprint density at radius 2 is 1.20 bits per heavy atom. The van der Waals surface area contributed by atoms with Crippen LogP contribution in [0.1, 0.15) is 47.3 Å². The molecule has 3 N–H and O–H groups in total. The first-order chi connectivity index (χ1) is 24.3. The van der Waals surface area contributed by atoms with Gasteiger partial charge in [0.15, 0.2) is 5.75 Å². The second kappa shape index (κ2) is 19.1. The molecule has 0 aliphatic carbocycles. The smallest absolute Gasteiger partial charge is 0.333 e. The molecule has 1 amide bonds. The van der Waals surface area contributed by atoms with E-state index in [1.807, 2.05) is 13.8 Å². The highest BCUT2D eigenvalue weighted by atomic mass is 79.9. The Hall–Kier alpha value is -3.91. The minimum Gasteiger partial charge on any atom is -0.487 e. The van der Waals surface area contributed by atoms with E-state index in [1.54, 1.807) is 24.3 Å². The van der Waals surface area contributed by atoms with E-state index in [2.05, 4.69) is 47.8 Å². The number of anilines is 2. The number of esters is 2. The third-order valence-electron chi connectivity index (χ3n) is 7.00. The van der Waals surface area contributed by atoms with Gasteiger partial charge < -0.3 is 30.2 Å². The van der Waals surface area contributed by atoms with Crippen LogP contribution in [0.2, 0.25) is 10.0 Å². The summed E-state index contributed by atoms with van der Waals surface area (Å²) >= 11 is 19.6. The fourth-order valence-electron chi connectivity index (χ4n) is 4.83. The van der Waals surface area contributed by atoms with Crippen LogP contribution >= 0.6 is 55.1 Å². The zero-order valence-corrected chi connectivity index (χ0v) is 32.1. The zero-order valence-electron chi connectivity index (χ0n) is 27.4. The molecule has 4 aromatic rings. The number of carbonyl (C=O) groups excluding carboxylic acids is 3. The molecule has 0 aliphatic heterocycles. The van der Waals surface area contributed by atoms with Crippen molar-refractivity contribution in [2.45, 2.75) is 39.9 Å². The van der Waals surface area contributed by atoms with Gasteiger partial charge in [0.25, 0.3) is 5.91 Å². The summed E-state index contributed by atoms with van der Waals surface area (Å²) in [5.41, 5.74) is 3.21. The van der Waals surface area contributed by atoms with Crippen molar-refractivity contribution in [3.63, 3.8) is 0 Å². The molecule has 0 unspecified atom stereocenters. The van der Waals surface area contributed by atoms with Gasteiger partial charge >= 0.3 is 11.9 Å². The summed E-state index contributed by atoms with van der Waals surface area (Å²) in [6.07, 6.45) is -0.0168. The van der Waals surface area contributed by atoms with Crippen LogP contribution in [0.5, 0.6) is 11.5 Å². The van der Waals surface area contributed by atoms with E-state index in [-0.39, 0.29) is 47.4 Å².